The van der Waals surface area contributed by atoms with E-state index in [1.165, 1.54) is 11.1 Å². The van der Waals surface area contributed by atoms with Crippen molar-refractivity contribution in [3.8, 4) is 6.07 Å². The van der Waals surface area contributed by atoms with E-state index in [0.717, 1.165) is 32.2 Å². The van der Waals surface area contributed by atoms with Crippen LogP contribution in [0.15, 0.2) is 54.6 Å². The van der Waals surface area contributed by atoms with Crippen LogP contribution in [0.4, 0.5) is 0 Å². The number of ether oxygens (including phenoxy) is 1. The maximum absolute atomic E-state index is 13.2. The second kappa shape index (κ2) is 7.77. The summed E-state index contributed by atoms with van der Waals surface area (Å²) in [5.74, 6) is -0.0455. The maximum Gasteiger partial charge on any atom is 0.314 e. The summed E-state index contributed by atoms with van der Waals surface area (Å²) < 4.78 is 5.58. The summed E-state index contributed by atoms with van der Waals surface area (Å²) in [6.07, 6.45) is 3.77. The molecule has 2 heterocycles. The van der Waals surface area contributed by atoms with E-state index < -0.39 is 5.41 Å². The van der Waals surface area contributed by atoms with E-state index in [1.807, 2.05) is 49.4 Å². The molecule has 0 saturated carbocycles. The Morgan fingerprint density at radius 3 is 2.57 bits per heavy atom. The topological polar surface area (TPSA) is 53.3 Å². The fraction of sp³-hybridized carbons (Fsp3) is 0.417. The average molecular weight is 374 g/mol. The predicted octanol–water partition coefficient (Wildman–Crippen LogP) is 4.09. The number of hydrogen-bond donors (Lipinski definition) is 0. The van der Waals surface area contributed by atoms with Crippen molar-refractivity contribution in [2.45, 2.75) is 51.2 Å². The van der Waals surface area contributed by atoms with Gasteiger partial charge in [0.25, 0.3) is 0 Å². The molecule has 0 radical (unpaired) electrons. The zero-order chi connectivity index (χ0) is 19.6. The first kappa shape index (κ1) is 18.7. The second-order valence-corrected chi connectivity index (χ2v) is 7.97. The van der Waals surface area contributed by atoms with Gasteiger partial charge in [-0.1, -0.05) is 42.5 Å². The summed E-state index contributed by atoms with van der Waals surface area (Å²) in [6.45, 7) is 3.12. The number of rotatable bonds is 6. The van der Waals surface area contributed by atoms with Crippen molar-refractivity contribution >= 4 is 5.97 Å². The van der Waals surface area contributed by atoms with E-state index in [2.05, 4.69) is 23.1 Å². The Morgan fingerprint density at radius 1 is 1.14 bits per heavy atom. The van der Waals surface area contributed by atoms with Gasteiger partial charge in [-0.25, -0.2) is 0 Å². The molecule has 0 amide bonds. The van der Waals surface area contributed by atoms with Gasteiger partial charge in [0, 0.05) is 18.6 Å². The van der Waals surface area contributed by atoms with E-state index in [1.54, 1.807) is 0 Å². The predicted molar refractivity (Wildman–Crippen MR) is 107 cm³/mol. The van der Waals surface area contributed by atoms with Crippen LogP contribution in [0.5, 0.6) is 0 Å². The van der Waals surface area contributed by atoms with E-state index >= 15 is 0 Å². The summed E-state index contributed by atoms with van der Waals surface area (Å²) in [6, 6.07) is 20.9. The molecule has 2 fully saturated rings. The van der Waals surface area contributed by atoms with Gasteiger partial charge in [-0.05, 0) is 55.9 Å². The van der Waals surface area contributed by atoms with Crippen molar-refractivity contribution in [1.82, 2.24) is 4.90 Å². The average Bonchev–Trinajstić information content (AvgIpc) is 3.24. The van der Waals surface area contributed by atoms with Gasteiger partial charge in [-0.2, -0.15) is 5.26 Å². The van der Waals surface area contributed by atoms with Crippen LogP contribution < -0.4 is 0 Å². The third kappa shape index (κ3) is 3.31. The number of fused-ring (bicyclic) bond motifs is 2. The quantitative estimate of drug-likeness (QED) is 0.715. The Kier molecular flexibility index (Phi) is 5.19. The van der Waals surface area contributed by atoms with E-state index in [4.69, 9.17) is 10.00 Å². The zero-order valence-electron chi connectivity index (χ0n) is 16.3. The molecular formula is C24H26N2O2. The molecule has 4 heteroatoms. The molecule has 2 aromatic rings. The molecule has 0 aliphatic carbocycles. The van der Waals surface area contributed by atoms with Crippen LogP contribution in [0.1, 0.15) is 42.9 Å². The summed E-state index contributed by atoms with van der Waals surface area (Å²) in [5, 5.41) is 9.02. The lowest BCUT2D eigenvalue weighted by molar-refractivity contribution is -0.157. The Bertz CT molecular complexity index is 872. The molecule has 0 unspecified atom stereocenters. The van der Waals surface area contributed by atoms with Gasteiger partial charge in [0.2, 0.25) is 0 Å². The van der Waals surface area contributed by atoms with E-state index in [-0.39, 0.29) is 12.0 Å². The minimum Gasteiger partial charge on any atom is -0.466 e. The van der Waals surface area contributed by atoms with Gasteiger partial charge < -0.3 is 4.74 Å². The van der Waals surface area contributed by atoms with Crippen LogP contribution in [0.25, 0.3) is 0 Å². The standard InChI is InChI=1S/C24H26N2O2/c1-2-28-23(27)24(14-18-6-4-3-5-7-18)15-21-12-13-22(24)26(21)17-20-10-8-19(16-25)9-11-20/h3-11,21-22H,2,12-15,17H2,1H3/t21-,22+,24+/m0/s1. The molecule has 2 aliphatic heterocycles. The van der Waals surface area contributed by atoms with Crippen LogP contribution in [0.3, 0.4) is 0 Å². The van der Waals surface area contributed by atoms with Gasteiger partial charge in [0.1, 0.15) is 0 Å². The Labute approximate surface area is 166 Å². The van der Waals surface area contributed by atoms with E-state index in [0.29, 0.717) is 18.2 Å². The van der Waals surface area contributed by atoms with Gasteiger partial charge in [-0.3, -0.25) is 9.69 Å². The minimum atomic E-state index is -0.465. The third-order valence-electron chi connectivity index (χ3n) is 6.37. The van der Waals surface area contributed by atoms with Crippen molar-refractivity contribution in [3.05, 3.63) is 71.3 Å². The summed E-state index contributed by atoms with van der Waals surface area (Å²) >= 11 is 0. The first-order valence-electron chi connectivity index (χ1n) is 10.1. The largest absolute Gasteiger partial charge is 0.466 e. The lowest BCUT2D eigenvalue weighted by Gasteiger charge is -2.35. The highest BCUT2D eigenvalue weighted by atomic mass is 16.5. The molecule has 2 saturated heterocycles. The molecule has 3 atom stereocenters. The minimum absolute atomic E-state index is 0.0455. The molecule has 0 spiro atoms. The number of benzene rings is 2. The van der Waals surface area contributed by atoms with E-state index in [9.17, 15) is 4.79 Å². The van der Waals surface area contributed by atoms with Gasteiger partial charge >= 0.3 is 5.97 Å². The van der Waals surface area contributed by atoms with Crippen LogP contribution >= 0.6 is 0 Å². The van der Waals surface area contributed by atoms with Crippen LogP contribution in [-0.2, 0) is 22.5 Å². The number of nitriles is 1. The van der Waals surface area contributed by atoms with Crippen molar-refractivity contribution in [2.75, 3.05) is 6.61 Å². The van der Waals surface area contributed by atoms with Gasteiger partial charge in [0.15, 0.2) is 0 Å². The smallest absolute Gasteiger partial charge is 0.314 e. The molecule has 0 N–H and O–H groups in total. The number of esters is 1. The second-order valence-electron chi connectivity index (χ2n) is 7.97. The highest BCUT2D eigenvalue weighted by Gasteiger charge is 2.60. The Hall–Kier alpha value is -2.64. The fourth-order valence-electron chi connectivity index (χ4n) is 5.16. The lowest BCUT2D eigenvalue weighted by atomic mass is 9.70. The summed E-state index contributed by atoms with van der Waals surface area (Å²) in [7, 11) is 0. The molecule has 4 nitrogen and oxygen atoms in total. The monoisotopic (exact) mass is 374 g/mol. The highest BCUT2D eigenvalue weighted by molar-refractivity contribution is 5.79. The first-order valence-corrected chi connectivity index (χ1v) is 10.1. The third-order valence-corrected chi connectivity index (χ3v) is 6.37. The number of carbonyl (C=O) groups is 1. The van der Waals surface area contributed by atoms with Crippen LogP contribution in [0.2, 0.25) is 0 Å². The molecule has 0 aromatic heterocycles. The first-order chi connectivity index (χ1) is 13.7. The molecule has 2 aromatic carbocycles. The van der Waals surface area contributed by atoms with Crippen molar-refractivity contribution in [2.24, 2.45) is 5.41 Å². The highest BCUT2D eigenvalue weighted by Crippen LogP contribution is 2.52. The number of nitrogens with zero attached hydrogens (tertiary/aromatic N) is 2. The number of carbonyl (C=O) groups excluding carboxylic acids is 1. The van der Waals surface area contributed by atoms with Crippen molar-refractivity contribution in [1.29, 1.82) is 5.26 Å². The summed E-state index contributed by atoms with van der Waals surface area (Å²) in [5.41, 5.74) is 2.60. The molecule has 28 heavy (non-hydrogen) atoms. The maximum atomic E-state index is 13.2. The van der Waals surface area contributed by atoms with Gasteiger partial charge in [0.05, 0.1) is 23.7 Å². The SMILES string of the molecule is CCOC(=O)[C@]1(Cc2ccccc2)C[C@@H]2CC[C@H]1N2Cc1ccc(C#N)cc1. The lowest BCUT2D eigenvalue weighted by Crippen LogP contribution is -2.46. The zero-order valence-corrected chi connectivity index (χ0v) is 16.3. The molecule has 2 aliphatic rings. The fourth-order valence-corrected chi connectivity index (χ4v) is 5.16. The summed E-state index contributed by atoms with van der Waals surface area (Å²) in [4.78, 5) is 15.7. The molecule has 144 valence electrons. The van der Waals surface area contributed by atoms with Crippen LogP contribution in [-0.4, -0.2) is 29.6 Å². The van der Waals surface area contributed by atoms with Crippen molar-refractivity contribution < 1.29 is 9.53 Å². The normalized spacial score (nSPS) is 26.1. The van der Waals surface area contributed by atoms with Gasteiger partial charge in [-0.15, -0.1) is 0 Å². The Balaban J connectivity index is 1.61. The van der Waals surface area contributed by atoms with Crippen LogP contribution in [0, 0.1) is 16.7 Å². The number of hydrogen-bond acceptors (Lipinski definition) is 4. The molecular weight excluding hydrogens is 348 g/mol. The molecule has 2 bridgehead atoms. The Morgan fingerprint density at radius 2 is 1.89 bits per heavy atom. The molecule has 4 rings (SSSR count). The van der Waals surface area contributed by atoms with Crippen molar-refractivity contribution in [3.63, 3.8) is 0 Å².